The van der Waals surface area contributed by atoms with E-state index in [0.29, 0.717) is 0 Å². The number of rotatable bonds is 6. The van der Waals surface area contributed by atoms with Crippen molar-refractivity contribution >= 4 is 28.9 Å². The molecule has 0 fully saturated rings. The molecule has 1 heterocycles. The second-order valence-corrected chi connectivity index (χ2v) is 6.00. The van der Waals surface area contributed by atoms with E-state index in [1.807, 2.05) is 25.3 Å². The van der Waals surface area contributed by atoms with E-state index in [1.165, 1.54) is 18.4 Å². The van der Waals surface area contributed by atoms with Gasteiger partial charge in [0.1, 0.15) is 6.04 Å². The van der Waals surface area contributed by atoms with Gasteiger partial charge in [-0.2, -0.15) is 0 Å². The highest BCUT2D eigenvalue weighted by Gasteiger charge is 2.26. The molecule has 0 aliphatic heterocycles. The Morgan fingerprint density at radius 1 is 1.56 bits per heavy atom. The van der Waals surface area contributed by atoms with Crippen LogP contribution < -0.4 is 5.32 Å². The predicted octanol–water partition coefficient (Wildman–Crippen LogP) is 3.64. The molecule has 0 bridgehead atoms. The van der Waals surface area contributed by atoms with Gasteiger partial charge in [0, 0.05) is 6.04 Å². The second kappa shape index (κ2) is 7.12. The summed E-state index contributed by atoms with van der Waals surface area (Å²) in [5.41, 5.74) is 1.10. The standard InChI is InChI=1S/C13H20ClNO2S/c1-5-8(2)12(13(16)17-4)15-9(3)10-6-11(14)18-7-10/h6-9,12,15H,5H2,1-4H3. The first kappa shape index (κ1) is 15.5. The summed E-state index contributed by atoms with van der Waals surface area (Å²) in [6.45, 7) is 6.13. The largest absolute Gasteiger partial charge is 0.468 e. The third-order valence-corrected chi connectivity index (χ3v) is 4.29. The summed E-state index contributed by atoms with van der Waals surface area (Å²) in [4.78, 5) is 11.8. The molecular formula is C13H20ClNO2S. The molecule has 1 aromatic rings. The molecule has 1 aromatic heterocycles. The summed E-state index contributed by atoms with van der Waals surface area (Å²) in [7, 11) is 1.42. The molecule has 1 N–H and O–H groups in total. The molecule has 0 saturated heterocycles. The zero-order valence-corrected chi connectivity index (χ0v) is 12.8. The van der Waals surface area contributed by atoms with Crippen LogP contribution in [-0.4, -0.2) is 19.1 Å². The Morgan fingerprint density at radius 3 is 2.67 bits per heavy atom. The monoisotopic (exact) mass is 289 g/mol. The van der Waals surface area contributed by atoms with Gasteiger partial charge in [0.2, 0.25) is 0 Å². The summed E-state index contributed by atoms with van der Waals surface area (Å²) >= 11 is 7.42. The zero-order valence-electron chi connectivity index (χ0n) is 11.2. The molecule has 102 valence electrons. The Kier molecular flexibility index (Phi) is 6.12. The number of methoxy groups -OCH3 is 1. The highest BCUT2D eigenvalue weighted by molar-refractivity contribution is 7.14. The average molecular weight is 290 g/mol. The number of carbonyl (C=O) groups is 1. The van der Waals surface area contributed by atoms with Crippen molar-refractivity contribution in [2.45, 2.75) is 39.3 Å². The highest BCUT2D eigenvalue weighted by Crippen LogP contribution is 2.25. The molecule has 3 atom stereocenters. The van der Waals surface area contributed by atoms with Crippen molar-refractivity contribution in [1.29, 1.82) is 0 Å². The second-order valence-electron chi connectivity index (χ2n) is 4.46. The van der Waals surface area contributed by atoms with E-state index >= 15 is 0 Å². The fourth-order valence-electron chi connectivity index (χ4n) is 1.74. The minimum absolute atomic E-state index is 0.0758. The van der Waals surface area contributed by atoms with Crippen LogP contribution in [0.25, 0.3) is 0 Å². The predicted molar refractivity (Wildman–Crippen MR) is 76.1 cm³/mol. The van der Waals surface area contributed by atoms with Crippen LogP contribution in [-0.2, 0) is 9.53 Å². The first-order valence-corrected chi connectivity index (χ1v) is 7.33. The van der Waals surface area contributed by atoms with Crippen LogP contribution in [0, 0.1) is 5.92 Å². The molecule has 3 nitrogen and oxygen atoms in total. The lowest BCUT2D eigenvalue weighted by atomic mass is 9.97. The Morgan fingerprint density at radius 2 is 2.22 bits per heavy atom. The van der Waals surface area contributed by atoms with Gasteiger partial charge in [0.25, 0.3) is 0 Å². The number of carbonyl (C=O) groups excluding carboxylic acids is 1. The Bertz CT molecular complexity index is 394. The molecule has 0 radical (unpaired) electrons. The van der Waals surface area contributed by atoms with Crippen molar-refractivity contribution in [3.8, 4) is 0 Å². The topological polar surface area (TPSA) is 38.3 Å². The number of hydrogen-bond acceptors (Lipinski definition) is 4. The lowest BCUT2D eigenvalue weighted by molar-refractivity contribution is -0.144. The average Bonchev–Trinajstić information content (AvgIpc) is 2.80. The van der Waals surface area contributed by atoms with Gasteiger partial charge in [-0.3, -0.25) is 10.1 Å². The van der Waals surface area contributed by atoms with Gasteiger partial charge in [-0.1, -0.05) is 31.9 Å². The normalized spacial score (nSPS) is 16.1. The summed E-state index contributed by atoms with van der Waals surface area (Å²) in [6, 6.07) is 1.72. The molecule has 1 rings (SSSR count). The third kappa shape index (κ3) is 3.97. The van der Waals surface area contributed by atoms with Gasteiger partial charge in [-0.15, -0.1) is 11.3 Å². The van der Waals surface area contributed by atoms with Crippen LogP contribution in [0.3, 0.4) is 0 Å². The molecule has 0 aromatic carbocycles. The highest BCUT2D eigenvalue weighted by atomic mass is 35.5. The number of ether oxygens (including phenoxy) is 1. The molecule has 0 aliphatic carbocycles. The van der Waals surface area contributed by atoms with E-state index in [9.17, 15) is 4.79 Å². The van der Waals surface area contributed by atoms with E-state index in [4.69, 9.17) is 16.3 Å². The quantitative estimate of drug-likeness (QED) is 0.813. The lowest BCUT2D eigenvalue weighted by Gasteiger charge is -2.25. The molecule has 0 spiro atoms. The minimum Gasteiger partial charge on any atom is -0.468 e. The SMILES string of the molecule is CCC(C)C(NC(C)c1csc(Cl)c1)C(=O)OC. The maximum Gasteiger partial charge on any atom is 0.323 e. The lowest BCUT2D eigenvalue weighted by Crippen LogP contribution is -2.43. The fraction of sp³-hybridized carbons (Fsp3) is 0.615. The first-order valence-electron chi connectivity index (χ1n) is 6.07. The molecule has 5 heteroatoms. The van der Waals surface area contributed by atoms with Crippen molar-refractivity contribution in [2.75, 3.05) is 7.11 Å². The molecule has 0 saturated carbocycles. The molecule has 18 heavy (non-hydrogen) atoms. The van der Waals surface area contributed by atoms with Crippen LogP contribution >= 0.6 is 22.9 Å². The van der Waals surface area contributed by atoms with E-state index in [-0.39, 0.29) is 24.0 Å². The number of hydrogen-bond donors (Lipinski definition) is 1. The van der Waals surface area contributed by atoms with Gasteiger partial charge < -0.3 is 4.74 Å². The maximum atomic E-state index is 11.8. The minimum atomic E-state index is -0.284. The van der Waals surface area contributed by atoms with Crippen molar-refractivity contribution in [1.82, 2.24) is 5.32 Å². The van der Waals surface area contributed by atoms with Crippen LogP contribution in [0.4, 0.5) is 0 Å². The van der Waals surface area contributed by atoms with Crippen molar-refractivity contribution in [3.05, 3.63) is 21.3 Å². The van der Waals surface area contributed by atoms with Crippen molar-refractivity contribution in [3.63, 3.8) is 0 Å². The van der Waals surface area contributed by atoms with Gasteiger partial charge in [-0.05, 0) is 29.9 Å². The molecule has 0 aliphatic rings. The van der Waals surface area contributed by atoms with Crippen LogP contribution in [0.5, 0.6) is 0 Å². The van der Waals surface area contributed by atoms with Crippen LogP contribution in [0.1, 0.15) is 38.8 Å². The van der Waals surface area contributed by atoms with E-state index in [0.717, 1.165) is 16.3 Å². The Hall–Kier alpha value is -0.580. The molecular weight excluding hydrogens is 270 g/mol. The number of thiophene rings is 1. The van der Waals surface area contributed by atoms with Crippen molar-refractivity contribution in [2.24, 2.45) is 5.92 Å². The first-order chi connectivity index (χ1) is 8.49. The number of nitrogens with one attached hydrogen (secondary N) is 1. The Balaban J connectivity index is 2.74. The van der Waals surface area contributed by atoms with E-state index in [1.54, 1.807) is 0 Å². The summed E-state index contributed by atoms with van der Waals surface area (Å²) in [6.07, 6.45) is 0.921. The van der Waals surface area contributed by atoms with Gasteiger partial charge in [0.15, 0.2) is 0 Å². The summed E-state index contributed by atoms with van der Waals surface area (Å²) in [5, 5.41) is 5.33. The third-order valence-electron chi connectivity index (χ3n) is 3.19. The van der Waals surface area contributed by atoms with E-state index in [2.05, 4.69) is 12.2 Å². The number of esters is 1. The zero-order chi connectivity index (χ0) is 13.7. The van der Waals surface area contributed by atoms with Gasteiger partial charge in [-0.25, -0.2) is 0 Å². The Labute approximate surface area is 117 Å². The summed E-state index contributed by atoms with van der Waals surface area (Å²) in [5.74, 6) is 0.0199. The van der Waals surface area contributed by atoms with Crippen LogP contribution in [0.15, 0.2) is 11.4 Å². The number of halogens is 1. The van der Waals surface area contributed by atoms with E-state index < -0.39 is 0 Å². The van der Waals surface area contributed by atoms with Crippen molar-refractivity contribution < 1.29 is 9.53 Å². The maximum absolute atomic E-state index is 11.8. The van der Waals surface area contributed by atoms with Gasteiger partial charge >= 0.3 is 5.97 Å². The smallest absolute Gasteiger partial charge is 0.323 e. The fourth-order valence-corrected chi connectivity index (χ4v) is 2.73. The van der Waals surface area contributed by atoms with Gasteiger partial charge in [0.05, 0.1) is 11.4 Å². The molecule has 3 unspecified atom stereocenters. The molecule has 0 amide bonds. The summed E-state index contributed by atoms with van der Waals surface area (Å²) < 4.78 is 5.61. The van der Waals surface area contributed by atoms with Crippen LogP contribution in [0.2, 0.25) is 4.34 Å².